The van der Waals surface area contributed by atoms with E-state index >= 15 is 0 Å². The zero-order valence-corrected chi connectivity index (χ0v) is 11.9. The lowest BCUT2D eigenvalue weighted by molar-refractivity contribution is 0.245. The Bertz CT molecular complexity index is 552. The van der Waals surface area contributed by atoms with Crippen molar-refractivity contribution < 1.29 is 14.3 Å². The number of benzene rings is 1. The van der Waals surface area contributed by atoms with Gasteiger partial charge in [-0.2, -0.15) is 0 Å². The predicted octanol–water partition coefficient (Wildman–Crippen LogP) is 2.62. The second kappa shape index (κ2) is 7.44. The molecule has 0 bridgehead atoms. The average molecular weight is 289 g/mol. The number of aliphatic hydroxyl groups is 1. The highest BCUT2D eigenvalue weighted by Gasteiger charge is 2.07. The molecule has 2 aromatic rings. The standard InChI is InChI=1S/C15H19N3O3/c1-11(3-2-9-19)17-15(20)18-13-6-4-12(5-7-13)14-16-8-10-21-14/h4-8,10-11,19H,2-3,9H2,1H3,(H2,17,18,20). The molecule has 0 aliphatic carbocycles. The maximum atomic E-state index is 11.8. The fraction of sp³-hybridized carbons (Fsp3) is 0.333. The number of anilines is 1. The van der Waals surface area contributed by atoms with E-state index in [1.807, 2.05) is 19.1 Å². The number of hydrogen-bond donors (Lipinski definition) is 3. The molecule has 0 spiro atoms. The molecular formula is C15H19N3O3. The molecule has 0 saturated carbocycles. The van der Waals surface area contributed by atoms with Crippen LogP contribution < -0.4 is 10.6 Å². The number of carbonyl (C=O) groups excluding carboxylic acids is 1. The first-order valence-electron chi connectivity index (χ1n) is 6.87. The Morgan fingerprint density at radius 3 is 2.76 bits per heavy atom. The molecule has 2 amide bonds. The monoisotopic (exact) mass is 289 g/mol. The summed E-state index contributed by atoms with van der Waals surface area (Å²) in [6.45, 7) is 2.04. The maximum Gasteiger partial charge on any atom is 0.319 e. The summed E-state index contributed by atoms with van der Waals surface area (Å²) in [6.07, 6.45) is 4.52. The van der Waals surface area contributed by atoms with Gasteiger partial charge in [0.2, 0.25) is 5.89 Å². The van der Waals surface area contributed by atoms with E-state index in [2.05, 4.69) is 15.6 Å². The molecule has 0 fully saturated rings. The van der Waals surface area contributed by atoms with E-state index in [1.165, 1.54) is 6.26 Å². The predicted molar refractivity (Wildman–Crippen MR) is 79.9 cm³/mol. The molecular weight excluding hydrogens is 270 g/mol. The molecule has 0 aliphatic heterocycles. The number of urea groups is 1. The van der Waals surface area contributed by atoms with E-state index in [1.54, 1.807) is 18.3 Å². The summed E-state index contributed by atoms with van der Waals surface area (Å²) in [5.74, 6) is 0.545. The van der Waals surface area contributed by atoms with Crippen LogP contribution in [0.15, 0.2) is 41.1 Å². The quantitative estimate of drug-likeness (QED) is 0.763. The van der Waals surface area contributed by atoms with E-state index in [-0.39, 0.29) is 18.7 Å². The summed E-state index contributed by atoms with van der Waals surface area (Å²) in [5.41, 5.74) is 1.54. The minimum atomic E-state index is -0.260. The van der Waals surface area contributed by atoms with E-state index in [4.69, 9.17) is 9.52 Å². The third-order valence-electron chi connectivity index (χ3n) is 2.99. The SMILES string of the molecule is CC(CCCO)NC(=O)Nc1ccc(-c2ncco2)cc1. The van der Waals surface area contributed by atoms with Crippen LogP contribution in [0.25, 0.3) is 11.5 Å². The third kappa shape index (κ3) is 4.61. The summed E-state index contributed by atoms with van der Waals surface area (Å²) in [7, 11) is 0. The molecule has 6 heteroatoms. The van der Waals surface area contributed by atoms with Gasteiger partial charge in [-0.25, -0.2) is 9.78 Å². The van der Waals surface area contributed by atoms with Crippen LogP contribution in [0.3, 0.4) is 0 Å². The molecule has 3 N–H and O–H groups in total. The van der Waals surface area contributed by atoms with Crippen LogP contribution in [-0.2, 0) is 0 Å². The second-order valence-electron chi connectivity index (χ2n) is 4.78. The fourth-order valence-corrected chi connectivity index (χ4v) is 1.92. The molecule has 112 valence electrons. The van der Waals surface area contributed by atoms with Crippen LogP contribution in [0, 0.1) is 0 Å². The first-order valence-corrected chi connectivity index (χ1v) is 6.87. The van der Waals surface area contributed by atoms with Gasteiger partial charge in [0.15, 0.2) is 0 Å². The van der Waals surface area contributed by atoms with Gasteiger partial charge >= 0.3 is 6.03 Å². The molecule has 1 heterocycles. The van der Waals surface area contributed by atoms with Gasteiger partial charge in [0, 0.05) is 23.9 Å². The Labute approximate surface area is 123 Å². The smallest absolute Gasteiger partial charge is 0.319 e. The first-order chi connectivity index (χ1) is 10.2. The molecule has 0 aliphatic rings. The Morgan fingerprint density at radius 1 is 1.38 bits per heavy atom. The van der Waals surface area contributed by atoms with E-state index in [0.717, 1.165) is 12.0 Å². The average Bonchev–Trinajstić information content (AvgIpc) is 3.00. The van der Waals surface area contributed by atoms with Gasteiger partial charge in [-0.05, 0) is 44.0 Å². The lowest BCUT2D eigenvalue weighted by atomic mass is 10.2. The molecule has 1 unspecified atom stereocenters. The van der Waals surface area contributed by atoms with Gasteiger partial charge in [0.05, 0.1) is 6.20 Å². The third-order valence-corrected chi connectivity index (χ3v) is 2.99. The Morgan fingerprint density at radius 2 is 2.14 bits per heavy atom. The highest BCUT2D eigenvalue weighted by molar-refractivity contribution is 5.89. The van der Waals surface area contributed by atoms with Crippen LogP contribution in [0.5, 0.6) is 0 Å². The number of aromatic nitrogens is 1. The summed E-state index contributed by atoms with van der Waals surface area (Å²) in [4.78, 5) is 15.8. The highest BCUT2D eigenvalue weighted by Crippen LogP contribution is 2.19. The number of amides is 2. The summed E-state index contributed by atoms with van der Waals surface area (Å²) in [6, 6.07) is 7.00. The molecule has 21 heavy (non-hydrogen) atoms. The van der Waals surface area contributed by atoms with Crippen molar-refractivity contribution in [1.82, 2.24) is 10.3 Å². The first kappa shape index (κ1) is 15.1. The van der Waals surface area contributed by atoms with E-state index in [0.29, 0.717) is 18.0 Å². The van der Waals surface area contributed by atoms with Crippen LogP contribution in [-0.4, -0.2) is 28.8 Å². The van der Waals surface area contributed by atoms with Gasteiger partial charge in [-0.1, -0.05) is 0 Å². The Balaban J connectivity index is 1.87. The minimum absolute atomic E-state index is 0.0174. The largest absolute Gasteiger partial charge is 0.445 e. The lowest BCUT2D eigenvalue weighted by Gasteiger charge is -2.14. The molecule has 0 radical (unpaired) electrons. The number of carbonyl (C=O) groups is 1. The zero-order chi connectivity index (χ0) is 15.1. The molecule has 2 rings (SSSR count). The van der Waals surface area contributed by atoms with Crippen LogP contribution in [0.2, 0.25) is 0 Å². The molecule has 0 saturated heterocycles. The van der Waals surface area contributed by atoms with Crippen molar-refractivity contribution in [3.05, 3.63) is 36.7 Å². The van der Waals surface area contributed by atoms with E-state index < -0.39 is 0 Å². The topological polar surface area (TPSA) is 87.4 Å². The molecule has 1 aromatic heterocycles. The number of oxazole rings is 1. The van der Waals surface area contributed by atoms with Crippen molar-refractivity contribution in [2.24, 2.45) is 0 Å². The normalized spacial score (nSPS) is 11.9. The van der Waals surface area contributed by atoms with Crippen LogP contribution in [0.4, 0.5) is 10.5 Å². The summed E-state index contributed by atoms with van der Waals surface area (Å²) >= 11 is 0. The van der Waals surface area contributed by atoms with E-state index in [9.17, 15) is 4.79 Å². The van der Waals surface area contributed by atoms with Crippen molar-refractivity contribution in [3.8, 4) is 11.5 Å². The minimum Gasteiger partial charge on any atom is -0.445 e. The van der Waals surface area contributed by atoms with Crippen molar-refractivity contribution in [1.29, 1.82) is 0 Å². The van der Waals surface area contributed by atoms with Gasteiger partial charge in [-0.3, -0.25) is 0 Å². The van der Waals surface area contributed by atoms with Crippen molar-refractivity contribution >= 4 is 11.7 Å². The number of hydrogen-bond acceptors (Lipinski definition) is 4. The molecule has 1 atom stereocenters. The van der Waals surface area contributed by atoms with Gasteiger partial charge in [0.1, 0.15) is 6.26 Å². The second-order valence-corrected chi connectivity index (χ2v) is 4.78. The highest BCUT2D eigenvalue weighted by atomic mass is 16.3. The fourth-order valence-electron chi connectivity index (χ4n) is 1.92. The van der Waals surface area contributed by atoms with Gasteiger partial charge < -0.3 is 20.2 Å². The molecule has 1 aromatic carbocycles. The number of aliphatic hydroxyl groups excluding tert-OH is 1. The summed E-state index contributed by atoms with van der Waals surface area (Å²) < 4.78 is 5.20. The van der Waals surface area contributed by atoms with Gasteiger partial charge in [0.25, 0.3) is 0 Å². The number of nitrogens with zero attached hydrogens (tertiary/aromatic N) is 1. The van der Waals surface area contributed by atoms with Crippen LogP contribution in [0.1, 0.15) is 19.8 Å². The summed E-state index contributed by atoms with van der Waals surface area (Å²) in [5, 5.41) is 14.3. The van der Waals surface area contributed by atoms with Crippen molar-refractivity contribution in [2.75, 3.05) is 11.9 Å². The number of rotatable bonds is 6. The van der Waals surface area contributed by atoms with Gasteiger partial charge in [-0.15, -0.1) is 0 Å². The lowest BCUT2D eigenvalue weighted by Crippen LogP contribution is -2.36. The van der Waals surface area contributed by atoms with Crippen molar-refractivity contribution in [3.63, 3.8) is 0 Å². The maximum absolute atomic E-state index is 11.8. The van der Waals surface area contributed by atoms with Crippen molar-refractivity contribution in [2.45, 2.75) is 25.8 Å². The Kier molecular flexibility index (Phi) is 5.34. The number of nitrogens with one attached hydrogen (secondary N) is 2. The molecule has 6 nitrogen and oxygen atoms in total. The Hall–Kier alpha value is -2.34. The zero-order valence-electron chi connectivity index (χ0n) is 11.9. The van der Waals surface area contributed by atoms with Crippen LogP contribution >= 0.6 is 0 Å².